The zero-order valence-corrected chi connectivity index (χ0v) is 14.0. The highest BCUT2D eigenvalue weighted by molar-refractivity contribution is 5.95. The molecule has 7 nitrogen and oxygen atoms in total. The van der Waals surface area contributed by atoms with Crippen molar-refractivity contribution >= 4 is 10.9 Å². The molecule has 2 aromatic carbocycles. The Kier molecular flexibility index (Phi) is 3.53. The molecule has 0 spiro atoms. The second-order valence-electron chi connectivity index (χ2n) is 6.17. The van der Waals surface area contributed by atoms with Gasteiger partial charge in [-0.25, -0.2) is 9.97 Å². The first-order chi connectivity index (χ1) is 12.8. The van der Waals surface area contributed by atoms with Crippen LogP contribution in [0.2, 0.25) is 0 Å². The molecule has 0 unspecified atom stereocenters. The van der Waals surface area contributed by atoms with Crippen LogP contribution in [0, 0.1) is 0 Å². The third-order valence-corrected chi connectivity index (χ3v) is 4.49. The summed E-state index contributed by atoms with van der Waals surface area (Å²) in [7, 11) is 0. The van der Waals surface area contributed by atoms with Crippen molar-refractivity contribution in [3.63, 3.8) is 0 Å². The minimum Gasteiger partial charge on any atom is -0.454 e. The zero-order chi connectivity index (χ0) is 17.5. The second-order valence-corrected chi connectivity index (χ2v) is 6.17. The molecule has 0 aliphatic carbocycles. The van der Waals surface area contributed by atoms with Gasteiger partial charge in [-0.15, -0.1) is 0 Å². The largest absolute Gasteiger partial charge is 0.454 e. The first-order valence-electron chi connectivity index (χ1n) is 8.52. The van der Waals surface area contributed by atoms with Crippen LogP contribution in [0.1, 0.15) is 12.2 Å². The molecule has 0 amide bonds. The van der Waals surface area contributed by atoms with Gasteiger partial charge in [0, 0.05) is 23.4 Å². The highest BCUT2D eigenvalue weighted by Gasteiger charge is 2.20. The normalized spacial score (nSPS) is 14.2. The van der Waals surface area contributed by atoms with Crippen molar-refractivity contribution in [1.82, 2.24) is 9.97 Å². The van der Waals surface area contributed by atoms with Gasteiger partial charge < -0.3 is 24.7 Å². The van der Waals surface area contributed by atoms with Crippen molar-refractivity contribution < 1.29 is 18.9 Å². The minimum atomic E-state index is 0.221. The summed E-state index contributed by atoms with van der Waals surface area (Å²) >= 11 is 0. The van der Waals surface area contributed by atoms with E-state index in [4.69, 9.17) is 34.6 Å². The molecule has 26 heavy (non-hydrogen) atoms. The number of rotatable bonds is 4. The molecule has 1 aromatic heterocycles. The molecule has 132 valence electrons. The van der Waals surface area contributed by atoms with Gasteiger partial charge >= 0.3 is 0 Å². The molecule has 2 N–H and O–H groups in total. The first kappa shape index (κ1) is 15.2. The molecule has 7 heteroatoms. The first-order valence-corrected chi connectivity index (χ1v) is 8.52. The van der Waals surface area contributed by atoms with E-state index in [9.17, 15) is 0 Å². The Morgan fingerprint density at radius 3 is 2.38 bits per heavy atom. The molecular formula is C19H17N3O4. The van der Waals surface area contributed by atoms with Crippen LogP contribution in [-0.4, -0.2) is 30.1 Å². The summed E-state index contributed by atoms with van der Waals surface area (Å²) in [5, 5.41) is 0.907. The Labute approximate surface area is 149 Å². The maximum absolute atomic E-state index is 5.65. The molecule has 2 aliphatic heterocycles. The molecule has 0 saturated heterocycles. The monoisotopic (exact) mass is 351 g/mol. The smallest absolute Gasteiger partial charge is 0.231 e. The quantitative estimate of drug-likeness (QED) is 0.773. The van der Waals surface area contributed by atoms with Crippen LogP contribution in [0.5, 0.6) is 23.0 Å². The lowest BCUT2D eigenvalue weighted by molar-refractivity contribution is 0.173. The van der Waals surface area contributed by atoms with Crippen LogP contribution in [-0.2, 0) is 6.42 Å². The van der Waals surface area contributed by atoms with Crippen LogP contribution in [0.4, 0.5) is 0 Å². The van der Waals surface area contributed by atoms with E-state index in [0.29, 0.717) is 18.0 Å². The summed E-state index contributed by atoms with van der Waals surface area (Å²) in [5.41, 5.74) is 8.25. The summed E-state index contributed by atoms with van der Waals surface area (Å²) < 4.78 is 21.9. The van der Waals surface area contributed by atoms with E-state index in [-0.39, 0.29) is 13.6 Å². The maximum Gasteiger partial charge on any atom is 0.231 e. The standard InChI is InChI=1S/C19H17N3O4/c20-5-1-2-18-21-13-8-17-16(25-10-26-17)7-12(13)19(22-18)11-3-4-14-15(6-11)24-9-23-14/h3-4,6-8H,1-2,5,9-10,20H2. The van der Waals surface area contributed by atoms with Crippen LogP contribution < -0.4 is 24.7 Å². The number of nitrogens with zero attached hydrogens (tertiary/aromatic N) is 2. The molecule has 0 fully saturated rings. The lowest BCUT2D eigenvalue weighted by Gasteiger charge is -2.10. The molecule has 3 aromatic rings. The van der Waals surface area contributed by atoms with Crippen molar-refractivity contribution in [1.29, 1.82) is 0 Å². The molecule has 3 heterocycles. The van der Waals surface area contributed by atoms with Crippen molar-refractivity contribution in [2.45, 2.75) is 12.8 Å². The van der Waals surface area contributed by atoms with Gasteiger partial charge in [-0.3, -0.25) is 0 Å². The van der Waals surface area contributed by atoms with Crippen molar-refractivity contribution in [3.8, 4) is 34.3 Å². The van der Waals surface area contributed by atoms with Crippen molar-refractivity contribution in [2.24, 2.45) is 5.73 Å². The number of benzene rings is 2. The van der Waals surface area contributed by atoms with E-state index >= 15 is 0 Å². The summed E-state index contributed by atoms with van der Waals surface area (Å²) in [6.07, 6.45) is 1.55. The topological polar surface area (TPSA) is 88.7 Å². The SMILES string of the molecule is NCCCc1nc(-c2ccc3c(c2)OCO3)c2cc3c(cc2n1)OCO3. The summed E-state index contributed by atoms with van der Waals surface area (Å²) in [6.45, 7) is 1.06. The van der Waals surface area contributed by atoms with E-state index < -0.39 is 0 Å². The molecule has 0 bridgehead atoms. The van der Waals surface area contributed by atoms with E-state index in [1.54, 1.807) is 0 Å². The van der Waals surface area contributed by atoms with Crippen LogP contribution in [0.25, 0.3) is 22.2 Å². The van der Waals surface area contributed by atoms with Crippen molar-refractivity contribution in [2.75, 3.05) is 20.1 Å². The zero-order valence-electron chi connectivity index (χ0n) is 14.0. The number of fused-ring (bicyclic) bond motifs is 3. The average Bonchev–Trinajstić information content (AvgIpc) is 3.31. The van der Waals surface area contributed by atoms with Gasteiger partial charge in [-0.05, 0) is 37.2 Å². The third kappa shape index (κ3) is 2.48. The van der Waals surface area contributed by atoms with E-state index in [2.05, 4.69) is 0 Å². The minimum absolute atomic E-state index is 0.221. The fourth-order valence-electron chi connectivity index (χ4n) is 3.20. The maximum atomic E-state index is 5.65. The van der Waals surface area contributed by atoms with Gasteiger partial charge in [0.15, 0.2) is 23.0 Å². The number of nitrogens with two attached hydrogens (primary N) is 1. The summed E-state index contributed by atoms with van der Waals surface area (Å²) in [4.78, 5) is 9.49. The number of ether oxygens (including phenoxy) is 4. The number of hydrogen-bond acceptors (Lipinski definition) is 7. The fourth-order valence-corrected chi connectivity index (χ4v) is 3.20. The Bertz CT molecular complexity index is 1010. The molecule has 2 aliphatic rings. The Morgan fingerprint density at radius 1 is 0.846 bits per heavy atom. The molecular weight excluding hydrogens is 334 g/mol. The van der Waals surface area contributed by atoms with Gasteiger partial charge in [-0.1, -0.05) is 0 Å². The predicted octanol–water partition coefficient (Wildman–Crippen LogP) is 2.65. The number of aryl methyl sites for hydroxylation is 1. The highest BCUT2D eigenvalue weighted by atomic mass is 16.7. The van der Waals surface area contributed by atoms with Gasteiger partial charge in [0.05, 0.1) is 11.2 Å². The summed E-state index contributed by atoms with van der Waals surface area (Å²) in [5.74, 6) is 3.64. The highest BCUT2D eigenvalue weighted by Crippen LogP contribution is 2.41. The lowest BCUT2D eigenvalue weighted by atomic mass is 10.0. The van der Waals surface area contributed by atoms with Crippen molar-refractivity contribution in [3.05, 3.63) is 36.2 Å². The molecule has 0 saturated carbocycles. The number of hydrogen-bond donors (Lipinski definition) is 1. The van der Waals surface area contributed by atoms with E-state index in [0.717, 1.165) is 52.3 Å². The van der Waals surface area contributed by atoms with Crippen LogP contribution in [0.3, 0.4) is 0 Å². The predicted molar refractivity (Wildman–Crippen MR) is 94.6 cm³/mol. The summed E-state index contributed by atoms with van der Waals surface area (Å²) in [6, 6.07) is 9.66. The van der Waals surface area contributed by atoms with E-state index in [1.165, 1.54) is 0 Å². The number of aromatic nitrogens is 2. The Morgan fingerprint density at radius 2 is 1.58 bits per heavy atom. The Balaban J connectivity index is 1.70. The lowest BCUT2D eigenvalue weighted by Crippen LogP contribution is -2.04. The molecule has 0 radical (unpaired) electrons. The van der Waals surface area contributed by atoms with Gasteiger partial charge in [0.2, 0.25) is 13.6 Å². The second kappa shape index (κ2) is 6.03. The van der Waals surface area contributed by atoms with Crippen LogP contribution in [0.15, 0.2) is 30.3 Å². The van der Waals surface area contributed by atoms with Gasteiger partial charge in [0.25, 0.3) is 0 Å². The van der Waals surface area contributed by atoms with Gasteiger partial charge in [0.1, 0.15) is 5.82 Å². The van der Waals surface area contributed by atoms with Gasteiger partial charge in [-0.2, -0.15) is 0 Å². The molecule has 5 rings (SSSR count). The van der Waals surface area contributed by atoms with E-state index in [1.807, 2.05) is 30.3 Å². The third-order valence-electron chi connectivity index (χ3n) is 4.49. The fraction of sp³-hybridized carbons (Fsp3) is 0.263. The van der Waals surface area contributed by atoms with Crippen LogP contribution >= 0.6 is 0 Å². The average molecular weight is 351 g/mol. The molecule has 0 atom stereocenters. The Hall–Kier alpha value is -3.06.